The van der Waals surface area contributed by atoms with Gasteiger partial charge in [0.2, 0.25) is 0 Å². The average Bonchev–Trinajstić information content (AvgIpc) is 2.48. The van der Waals surface area contributed by atoms with E-state index in [1.807, 2.05) is 0 Å². The number of rotatable bonds is 3. The molecular formula is C15H12ClFN2O3. The van der Waals surface area contributed by atoms with Gasteiger partial charge in [-0.1, -0.05) is 17.7 Å². The summed E-state index contributed by atoms with van der Waals surface area (Å²) in [5, 5.41) is 5.27. The first-order valence-electron chi connectivity index (χ1n) is 6.21. The van der Waals surface area contributed by atoms with Gasteiger partial charge in [0, 0.05) is 10.7 Å². The number of urea groups is 1. The Labute approximate surface area is 131 Å². The lowest BCUT2D eigenvalue weighted by molar-refractivity contribution is 0.0602. The summed E-state index contributed by atoms with van der Waals surface area (Å²) >= 11 is 5.82. The minimum Gasteiger partial charge on any atom is -0.465 e. The topological polar surface area (TPSA) is 67.4 Å². The second kappa shape index (κ2) is 6.91. The third kappa shape index (κ3) is 3.95. The first kappa shape index (κ1) is 15.8. The fourth-order valence-electron chi connectivity index (χ4n) is 1.76. The Hall–Kier alpha value is -2.60. The highest BCUT2D eigenvalue weighted by Gasteiger charge is 2.14. The van der Waals surface area contributed by atoms with Crippen molar-refractivity contribution in [2.75, 3.05) is 17.7 Å². The van der Waals surface area contributed by atoms with Gasteiger partial charge in [-0.05, 0) is 36.4 Å². The van der Waals surface area contributed by atoms with E-state index in [0.29, 0.717) is 5.02 Å². The molecule has 0 saturated carbocycles. The van der Waals surface area contributed by atoms with Crippen LogP contribution in [0.15, 0.2) is 42.5 Å². The maximum Gasteiger partial charge on any atom is 0.340 e. The average molecular weight is 323 g/mol. The van der Waals surface area contributed by atoms with Gasteiger partial charge in [-0.3, -0.25) is 0 Å². The molecule has 2 N–H and O–H groups in total. The zero-order chi connectivity index (χ0) is 16.1. The molecule has 22 heavy (non-hydrogen) atoms. The van der Waals surface area contributed by atoms with Crippen molar-refractivity contribution in [3.05, 3.63) is 58.9 Å². The SMILES string of the molecule is COC(=O)c1cc(Cl)ccc1NC(=O)Nc1cccc(F)c1. The van der Waals surface area contributed by atoms with Crippen LogP contribution in [0.1, 0.15) is 10.4 Å². The second-order valence-electron chi connectivity index (χ2n) is 4.27. The Balaban J connectivity index is 2.16. The summed E-state index contributed by atoms with van der Waals surface area (Å²) in [7, 11) is 1.22. The number of benzene rings is 2. The van der Waals surface area contributed by atoms with Gasteiger partial charge in [-0.25, -0.2) is 14.0 Å². The first-order valence-corrected chi connectivity index (χ1v) is 6.59. The number of amides is 2. The van der Waals surface area contributed by atoms with Crippen LogP contribution in [0.25, 0.3) is 0 Å². The Morgan fingerprint density at radius 1 is 1.14 bits per heavy atom. The van der Waals surface area contributed by atoms with Crippen molar-refractivity contribution in [2.45, 2.75) is 0 Å². The van der Waals surface area contributed by atoms with Crippen molar-refractivity contribution < 1.29 is 18.7 Å². The molecule has 0 atom stereocenters. The van der Waals surface area contributed by atoms with Crippen LogP contribution < -0.4 is 10.6 Å². The number of methoxy groups -OCH3 is 1. The number of nitrogens with one attached hydrogen (secondary N) is 2. The summed E-state index contributed by atoms with van der Waals surface area (Å²) < 4.78 is 17.7. The monoisotopic (exact) mass is 322 g/mol. The number of esters is 1. The zero-order valence-corrected chi connectivity index (χ0v) is 12.3. The smallest absolute Gasteiger partial charge is 0.340 e. The molecule has 0 bridgehead atoms. The molecule has 0 unspecified atom stereocenters. The molecule has 2 amide bonds. The third-order valence-electron chi connectivity index (χ3n) is 2.72. The van der Waals surface area contributed by atoms with E-state index in [0.717, 1.165) is 0 Å². The van der Waals surface area contributed by atoms with Gasteiger partial charge in [0.25, 0.3) is 0 Å². The fraction of sp³-hybridized carbons (Fsp3) is 0.0667. The van der Waals surface area contributed by atoms with E-state index in [2.05, 4.69) is 15.4 Å². The molecule has 0 radical (unpaired) electrons. The van der Waals surface area contributed by atoms with Gasteiger partial charge >= 0.3 is 12.0 Å². The predicted molar refractivity (Wildman–Crippen MR) is 81.8 cm³/mol. The minimum atomic E-state index is -0.636. The molecule has 0 heterocycles. The molecular weight excluding hydrogens is 311 g/mol. The summed E-state index contributed by atoms with van der Waals surface area (Å²) in [6.45, 7) is 0. The van der Waals surface area contributed by atoms with Gasteiger partial charge in [0.1, 0.15) is 5.82 Å². The van der Waals surface area contributed by atoms with Crippen LogP contribution in [0, 0.1) is 5.82 Å². The van der Waals surface area contributed by atoms with E-state index >= 15 is 0 Å². The van der Waals surface area contributed by atoms with Crippen LogP contribution in [0.3, 0.4) is 0 Å². The predicted octanol–water partition coefficient (Wildman–Crippen LogP) is 3.91. The van der Waals surface area contributed by atoms with Crippen LogP contribution >= 0.6 is 11.6 Å². The lowest BCUT2D eigenvalue weighted by atomic mass is 10.2. The molecule has 7 heteroatoms. The van der Waals surface area contributed by atoms with E-state index in [9.17, 15) is 14.0 Å². The Bertz CT molecular complexity index is 722. The third-order valence-corrected chi connectivity index (χ3v) is 2.95. The summed E-state index contributed by atoms with van der Waals surface area (Å²) in [5.41, 5.74) is 0.626. The molecule has 0 aliphatic heterocycles. The van der Waals surface area contributed by atoms with Crippen molar-refractivity contribution >= 4 is 35.0 Å². The lowest BCUT2D eigenvalue weighted by Crippen LogP contribution is -2.21. The quantitative estimate of drug-likeness (QED) is 0.842. The zero-order valence-electron chi connectivity index (χ0n) is 11.5. The Morgan fingerprint density at radius 3 is 2.59 bits per heavy atom. The van der Waals surface area contributed by atoms with Crippen molar-refractivity contribution in [3.63, 3.8) is 0 Å². The van der Waals surface area contributed by atoms with Crippen LogP contribution in [0.4, 0.5) is 20.6 Å². The molecule has 114 valence electrons. The number of hydrogen-bond donors (Lipinski definition) is 2. The van der Waals surface area contributed by atoms with E-state index in [1.165, 1.54) is 49.6 Å². The minimum absolute atomic E-state index is 0.115. The number of carbonyl (C=O) groups is 2. The lowest BCUT2D eigenvalue weighted by Gasteiger charge is -2.11. The maximum atomic E-state index is 13.1. The highest BCUT2D eigenvalue weighted by molar-refractivity contribution is 6.31. The van der Waals surface area contributed by atoms with Crippen molar-refractivity contribution in [3.8, 4) is 0 Å². The van der Waals surface area contributed by atoms with Gasteiger partial charge in [0.15, 0.2) is 0 Å². The molecule has 0 aromatic heterocycles. The molecule has 0 aliphatic rings. The highest BCUT2D eigenvalue weighted by atomic mass is 35.5. The maximum absolute atomic E-state index is 13.1. The normalized spacial score (nSPS) is 9.95. The Kier molecular flexibility index (Phi) is 4.95. The van der Waals surface area contributed by atoms with Crippen LogP contribution in [-0.2, 0) is 4.74 Å². The number of halogens is 2. The molecule has 0 spiro atoms. The summed E-state index contributed by atoms with van der Waals surface area (Å²) in [5.74, 6) is -1.11. The van der Waals surface area contributed by atoms with Crippen molar-refractivity contribution in [2.24, 2.45) is 0 Å². The number of carbonyl (C=O) groups excluding carboxylic acids is 2. The van der Waals surface area contributed by atoms with E-state index < -0.39 is 17.8 Å². The molecule has 5 nitrogen and oxygen atoms in total. The van der Waals surface area contributed by atoms with Gasteiger partial charge in [0.05, 0.1) is 18.4 Å². The fourth-order valence-corrected chi connectivity index (χ4v) is 1.93. The summed E-state index contributed by atoms with van der Waals surface area (Å²) in [4.78, 5) is 23.6. The largest absolute Gasteiger partial charge is 0.465 e. The van der Waals surface area contributed by atoms with Gasteiger partial charge in [-0.15, -0.1) is 0 Å². The molecule has 2 rings (SSSR count). The molecule has 0 fully saturated rings. The van der Waals surface area contributed by atoms with Gasteiger partial charge in [-0.2, -0.15) is 0 Å². The summed E-state index contributed by atoms with van der Waals surface area (Å²) in [6.07, 6.45) is 0. The van der Waals surface area contributed by atoms with E-state index in [1.54, 1.807) is 0 Å². The molecule has 2 aromatic carbocycles. The number of hydrogen-bond acceptors (Lipinski definition) is 3. The standard InChI is InChI=1S/C15H12ClFN2O3/c1-22-14(20)12-7-9(16)5-6-13(12)19-15(21)18-11-4-2-3-10(17)8-11/h2-8H,1H3,(H2,18,19,21). The van der Waals surface area contributed by atoms with E-state index in [-0.39, 0.29) is 16.9 Å². The number of anilines is 2. The van der Waals surface area contributed by atoms with Crippen molar-refractivity contribution in [1.82, 2.24) is 0 Å². The molecule has 0 saturated heterocycles. The first-order chi connectivity index (χ1) is 10.5. The summed E-state index contributed by atoms with van der Waals surface area (Å²) in [6, 6.07) is 9.17. The second-order valence-corrected chi connectivity index (χ2v) is 4.71. The molecule has 0 aliphatic carbocycles. The van der Waals surface area contributed by atoms with Crippen LogP contribution in [0.2, 0.25) is 5.02 Å². The molecule has 2 aromatic rings. The Morgan fingerprint density at radius 2 is 1.91 bits per heavy atom. The number of ether oxygens (including phenoxy) is 1. The van der Waals surface area contributed by atoms with Crippen molar-refractivity contribution in [1.29, 1.82) is 0 Å². The van der Waals surface area contributed by atoms with Crippen LogP contribution in [0.5, 0.6) is 0 Å². The van der Waals surface area contributed by atoms with Gasteiger partial charge < -0.3 is 15.4 Å². The van der Waals surface area contributed by atoms with Crippen LogP contribution in [-0.4, -0.2) is 19.1 Å². The van der Waals surface area contributed by atoms with E-state index in [4.69, 9.17) is 11.6 Å². The highest BCUT2D eigenvalue weighted by Crippen LogP contribution is 2.22.